The van der Waals surface area contributed by atoms with Crippen molar-refractivity contribution in [2.24, 2.45) is 0 Å². The van der Waals surface area contributed by atoms with Crippen LogP contribution in [0, 0.1) is 6.92 Å². The molecule has 5 nitrogen and oxygen atoms in total. The Morgan fingerprint density at radius 1 is 1.20 bits per heavy atom. The van der Waals surface area contributed by atoms with Crippen LogP contribution in [-0.2, 0) is 11.3 Å². The predicted octanol–water partition coefficient (Wildman–Crippen LogP) is 3.09. The van der Waals surface area contributed by atoms with Crippen LogP contribution in [0.25, 0.3) is 0 Å². The molecule has 3 rings (SSSR count). The van der Waals surface area contributed by atoms with Gasteiger partial charge >= 0.3 is 0 Å². The van der Waals surface area contributed by atoms with Crippen LogP contribution >= 0.6 is 0 Å². The number of carbonyl (C=O) groups excluding carboxylic acids is 1. The number of furan rings is 1. The third-order valence-electron chi connectivity index (χ3n) is 4.32. The first kappa shape index (κ1) is 17.5. The SMILES string of the molecule is Cc1ccc(CN(C(=O)CN(C)CCOc2ccccc2)C2CC2)o1. The first-order valence-corrected chi connectivity index (χ1v) is 8.83. The summed E-state index contributed by atoms with van der Waals surface area (Å²) in [5.41, 5.74) is 0. The summed E-state index contributed by atoms with van der Waals surface area (Å²) in [6.07, 6.45) is 2.18. The summed E-state index contributed by atoms with van der Waals surface area (Å²) < 4.78 is 11.3. The summed E-state index contributed by atoms with van der Waals surface area (Å²) in [6.45, 7) is 4.15. The maximum atomic E-state index is 12.7. The van der Waals surface area contributed by atoms with Gasteiger partial charge in [0.2, 0.25) is 5.91 Å². The molecule has 0 bridgehead atoms. The Morgan fingerprint density at radius 2 is 1.96 bits per heavy atom. The summed E-state index contributed by atoms with van der Waals surface area (Å²) in [5, 5.41) is 0. The van der Waals surface area contributed by atoms with E-state index >= 15 is 0 Å². The molecule has 1 heterocycles. The number of likely N-dealkylation sites (N-methyl/N-ethyl adjacent to an activating group) is 1. The highest BCUT2D eigenvalue weighted by molar-refractivity contribution is 5.78. The zero-order chi connectivity index (χ0) is 17.6. The standard InChI is InChI=1S/C20H26N2O3/c1-16-8-11-19(25-16)14-22(17-9-10-17)20(23)15-21(2)12-13-24-18-6-4-3-5-7-18/h3-8,11,17H,9-10,12-15H2,1-2H3. The molecule has 134 valence electrons. The van der Waals surface area contributed by atoms with Gasteiger partial charge in [-0.1, -0.05) is 18.2 Å². The number of hydrogen-bond donors (Lipinski definition) is 0. The van der Waals surface area contributed by atoms with Gasteiger partial charge in [-0.2, -0.15) is 0 Å². The molecule has 0 unspecified atom stereocenters. The average molecular weight is 342 g/mol. The molecule has 1 saturated carbocycles. The molecule has 0 atom stereocenters. The second-order valence-corrected chi connectivity index (χ2v) is 6.66. The average Bonchev–Trinajstić information content (AvgIpc) is 3.35. The molecule has 1 aliphatic rings. The Balaban J connectivity index is 1.45. The van der Waals surface area contributed by atoms with Crippen LogP contribution in [0.4, 0.5) is 0 Å². The smallest absolute Gasteiger partial charge is 0.237 e. The van der Waals surface area contributed by atoms with Gasteiger partial charge in [-0.3, -0.25) is 9.69 Å². The molecule has 0 radical (unpaired) electrons. The lowest BCUT2D eigenvalue weighted by Crippen LogP contribution is -2.40. The first-order valence-electron chi connectivity index (χ1n) is 8.83. The second-order valence-electron chi connectivity index (χ2n) is 6.66. The first-order chi connectivity index (χ1) is 12.1. The molecular weight excluding hydrogens is 316 g/mol. The highest BCUT2D eigenvalue weighted by atomic mass is 16.5. The highest BCUT2D eigenvalue weighted by Gasteiger charge is 2.33. The Labute approximate surface area is 149 Å². The summed E-state index contributed by atoms with van der Waals surface area (Å²) in [6, 6.07) is 14.0. The minimum Gasteiger partial charge on any atom is -0.492 e. The van der Waals surface area contributed by atoms with Gasteiger partial charge in [-0.25, -0.2) is 0 Å². The van der Waals surface area contributed by atoms with E-state index in [1.54, 1.807) is 0 Å². The lowest BCUT2D eigenvalue weighted by atomic mass is 10.3. The number of nitrogens with zero attached hydrogens (tertiary/aromatic N) is 2. The lowest BCUT2D eigenvalue weighted by Gasteiger charge is -2.24. The Hall–Kier alpha value is -2.27. The normalized spacial score (nSPS) is 13.9. The molecule has 0 aliphatic heterocycles. The van der Waals surface area contributed by atoms with Gasteiger partial charge in [0.25, 0.3) is 0 Å². The van der Waals surface area contributed by atoms with E-state index < -0.39 is 0 Å². The summed E-state index contributed by atoms with van der Waals surface area (Å²) in [7, 11) is 1.95. The van der Waals surface area contributed by atoms with E-state index in [-0.39, 0.29) is 5.91 Å². The van der Waals surface area contributed by atoms with Crippen molar-refractivity contribution < 1.29 is 13.9 Å². The molecule has 25 heavy (non-hydrogen) atoms. The van der Waals surface area contributed by atoms with Crippen molar-refractivity contribution in [3.8, 4) is 5.75 Å². The van der Waals surface area contributed by atoms with Gasteiger partial charge in [-0.05, 0) is 51.1 Å². The summed E-state index contributed by atoms with van der Waals surface area (Å²) in [5.74, 6) is 2.75. The maximum Gasteiger partial charge on any atom is 0.237 e. The number of amides is 1. The van der Waals surface area contributed by atoms with E-state index in [9.17, 15) is 4.79 Å². The minimum absolute atomic E-state index is 0.152. The van der Waals surface area contributed by atoms with E-state index in [0.29, 0.717) is 32.3 Å². The van der Waals surface area contributed by atoms with Crippen LogP contribution in [-0.4, -0.2) is 48.5 Å². The monoisotopic (exact) mass is 342 g/mol. The van der Waals surface area contributed by atoms with Crippen LogP contribution in [0.5, 0.6) is 5.75 Å². The van der Waals surface area contributed by atoms with Crippen LogP contribution in [0.1, 0.15) is 24.4 Å². The minimum atomic E-state index is 0.152. The quantitative estimate of drug-likeness (QED) is 0.702. The zero-order valence-corrected chi connectivity index (χ0v) is 15.0. The van der Waals surface area contributed by atoms with E-state index in [1.807, 2.05) is 66.2 Å². The van der Waals surface area contributed by atoms with Crippen molar-refractivity contribution in [1.29, 1.82) is 0 Å². The third kappa shape index (κ3) is 5.36. The van der Waals surface area contributed by atoms with E-state index in [0.717, 1.165) is 30.1 Å². The number of hydrogen-bond acceptors (Lipinski definition) is 4. The number of aryl methyl sites for hydroxylation is 1. The fourth-order valence-corrected chi connectivity index (χ4v) is 2.78. The van der Waals surface area contributed by atoms with Crippen LogP contribution < -0.4 is 4.74 Å². The van der Waals surface area contributed by atoms with Crippen molar-refractivity contribution in [3.05, 3.63) is 54.0 Å². The molecule has 1 amide bonds. The molecule has 5 heteroatoms. The Kier molecular flexibility index (Phi) is 5.76. The van der Waals surface area contributed by atoms with E-state index in [2.05, 4.69) is 0 Å². The van der Waals surface area contributed by atoms with E-state index in [1.165, 1.54) is 0 Å². The number of carbonyl (C=O) groups is 1. The molecule has 1 aromatic heterocycles. The molecule has 2 aromatic rings. The molecular formula is C20H26N2O3. The van der Waals surface area contributed by atoms with Crippen molar-refractivity contribution >= 4 is 5.91 Å². The van der Waals surface area contributed by atoms with Gasteiger partial charge in [-0.15, -0.1) is 0 Å². The van der Waals surface area contributed by atoms with Gasteiger partial charge < -0.3 is 14.1 Å². The highest BCUT2D eigenvalue weighted by Crippen LogP contribution is 2.28. The number of benzene rings is 1. The third-order valence-corrected chi connectivity index (χ3v) is 4.32. The molecule has 0 spiro atoms. The van der Waals surface area contributed by atoms with Crippen LogP contribution in [0.15, 0.2) is 46.9 Å². The fraction of sp³-hybridized carbons (Fsp3) is 0.450. The van der Waals surface area contributed by atoms with Crippen molar-refractivity contribution in [2.45, 2.75) is 32.4 Å². The Bertz CT molecular complexity index is 679. The van der Waals surface area contributed by atoms with Crippen molar-refractivity contribution in [1.82, 2.24) is 9.80 Å². The van der Waals surface area contributed by atoms with Crippen LogP contribution in [0.3, 0.4) is 0 Å². The van der Waals surface area contributed by atoms with Gasteiger partial charge in [0.05, 0.1) is 13.1 Å². The van der Waals surface area contributed by atoms with Crippen molar-refractivity contribution in [2.75, 3.05) is 26.7 Å². The molecule has 0 N–H and O–H groups in total. The molecule has 0 saturated heterocycles. The summed E-state index contributed by atoms with van der Waals surface area (Å²) in [4.78, 5) is 16.6. The number of para-hydroxylation sites is 1. The van der Waals surface area contributed by atoms with Crippen molar-refractivity contribution in [3.63, 3.8) is 0 Å². The van der Waals surface area contributed by atoms with Gasteiger partial charge in [0, 0.05) is 12.6 Å². The van der Waals surface area contributed by atoms with Gasteiger partial charge in [0.1, 0.15) is 23.9 Å². The molecule has 1 aliphatic carbocycles. The fourth-order valence-electron chi connectivity index (χ4n) is 2.78. The second kappa shape index (κ2) is 8.21. The zero-order valence-electron chi connectivity index (χ0n) is 15.0. The molecule has 1 aromatic carbocycles. The number of rotatable bonds is 9. The van der Waals surface area contributed by atoms with E-state index in [4.69, 9.17) is 9.15 Å². The maximum absolute atomic E-state index is 12.7. The molecule has 1 fully saturated rings. The van der Waals surface area contributed by atoms with Gasteiger partial charge in [0.15, 0.2) is 0 Å². The Morgan fingerprint density at radius 3 is 2.60 bits per heavy atom. The largest absolute Gasteiger partial charge is 0.492 e. The predicted molar refractivity (Wildman–Crippen MR) is 96.5 cm³/mol. The topological polar surface area (TPSA) is 45.9 Å². The van der Waals surface area contributed by atoms with Crippen LogP contribution in [0.2, 0.25) is 0 Å². The number of ether oxygens (including phenoxy) is 1. The lowest BCUT2D eigenvalue weighted by molar-refractivity contribution is -0.133. The summed E-state index contributed by atoms with van der Waals surface area (Å²) >= 11 is 0.